The summed E-state index contributed by atoms with van der Waals surface area (Å²) in [5.41, 5.74) is 2.04. The summed E-state index contributed by atoms with van der Waals surface area (Å²) < 4.78 is 51.9. The maximum atomic E-state index is 13.2. The summed E-state index contributed by atoms with van der Waals surface area (Å²) in [4.78, 5) is 34.2. The molecule has 4 heterocycles. The summed E-state index contributed by atoms with van der Waals surface area (Å²) in [5.74, 6) is -0.894. The molecule has 3 aliphatic heterocycles. The Morgan fingerprint density at radius 3 is 2.73 bits per heavy atom. The topological polar surface area (TPSA) is 84.0 Å². The summed E-state index contributed by atoms with van der Waals surface area (Å²) in [5, 5.41) is 3.10. The molecule has 0 spiro atoms. The number of benzene rings is 1. The van der Waals surface area contributed by atoms with Gasteiger partial charge in [-0.25, -0.2) is 0 Å². The number of likely N-dealkylation sites (tertiary alicyclic amines) is 1. The second kappa shape index (κ2) is 11.1. The van der Waals surface area contributed by atoms with E-state index in [0.717, 1.165) is 43.4 Å². The lowest BCUT2D eigenvalue weighted by Crippen LogP contribution is -2.50. The molecule has 2 fully saturated rings. The zero-order chi connectivity index (χ0) is 27.9. The molecule has 0 saturated carbocycles. The third-order valence-electron chi connectivity index (χ3n) is 8.59. The Bertz CT molecular complexity index is 1270. The predicted molar refractivity (Wildman–Crippen MR) is 139 cm³/mol. The average molecular weight is 559 g/mol. The molecular formula is C29H33F3N4O4. The third-order valence-corrected chi connectivity index (χ3v) is 8.59. The van der Waals surface area contributed by atoms with Gasteiger partial charge in [0.1, 0.15) is 0 Å². The zero-order valence-electron chi connectivity index (χ0n) is 22.2. The molecule has 2 unspecified atom stereocenters. The van der Waals surface area contributed by atoms with E-state index in [-0.39, 0.29) is 42.8 Å². The standard InChI is InChI=1S/C29H33F3N4O4/c30-29(31,32)20-3-1-18-6-10-35(28(38)23(18)13-20)17-27(37)34-24-15-36(21-7-11-39-12-8-21)16-26(24)40-25-4-2-19-14-33-9-5-22(19)25/h1,3,5,9,13-14,21,24-26H,2,4,6-8,10-12,15-17H2,(H,34,37)/t24?,25?,26-/m0/s1. The summed E-state index contributed by atoms with van der Waals surface area (Å²) in [6.07, 6.45) is 2.81. The van der Waals surface area contributed by atoms with Crippen molar-refractivity contribution in [1.82, 2.24) is 20.1 Å². The largest absolute Gasteiger partial charge is 0.416 e. The zero-order valence-corrected chi connectivity index (χ0v) is 22.2. The third kappa shape index (κ3) is 5.59. The van der Waals surface area contributed by atoms with Gasteiger partial charge < -0.3 is 19.7 Å². The second-order valence-electron chi connectivity index (χ2n) is 11.1. The smallest absolute Gasteiger partial charge is 0.381 e. The van der Waals surface area contributed by atoms with Crippen LogP contribution in [0.4, 0.5) is 13.2 Å². The molecule has 4 aliphatic rings. The maximum Gasteiger partial charge on any atom is 0.416 e. The number of carbonyl (C=O) groups is 2. The fourth-order valence-corrected chi connectivity index (χ4v) is 6.46. The van der Waals surface area contributed by atoms with Crippen molar-refractivity contribution < 1.29 is 32.2 Å². The van der Waals surface area contributed by atoms with Gasteiger partial charge in [0.2, 0.25) is 5.91 Å². The Hall–Kier alpha value is -3.02. The van der Waals surface area contributed by atoms with Crippen LogP contribution in [0.25, 0.3) is 0 Å². The molecule has 0 radical (unpaired) electrons. The van der Waals surface area contributed by atoms with Gasteiger partial charge in [-0.2, -0.15) is 13.2 Å². The summed E-state index contributed by atoms with van der Waals surface area (Å²) in [6.45, 7) is 2.79. The van der Waals surface area contributed by atoms with E-state index in [1.165, 1.54) is 16.5 Å². The van der Waals surface area contributed by atoms with Crippen LogP contribution in [0.5, 0.6) is 0 Å². The van der Waals surface area contributed by atoms with Gasteiger partial charge in [0.05, 0.1) is 30.4 Å². The van der Waals surface area contributed by atoms with Crippen LogP contribution in [0, 0.1) is 0 Å². The lowest BCUT2D eigenvalue weighted by atomic mass is 9.96. The normalized spacial score (nSPS) is 25.6. The molecule has 3 atom stereocenters. The van der Waals surface area contributed by atoms with Gasteiger partial charge in [-0.15, -0.1) is 0 Å². The van der Waals surface area contributed by atoms with Crippen LogP contribution in [0.3, 0.4) is 0 Å². The first-order valence-corrected chi connectivity index (χ1v) is 13.9. The van der Waals surface area contributed by atoms with E-state index < -0.39 is 17.6 Å². The highest BCUT2D eigenvalue weighted by atomic mass is 19.4. The number of halogens is 3. The molecule has 2 saturated heterocycles. The lowest BCUT2D eigenvalue weighted by Gasteiger charge is -2.31. The van der Waals surface area contributed by atoms with E-state index in [1.54, 1.807) is 6.20 Å². The number of fused-ring (bicyclic) bond motifs is 2. The lowest BCUT2D eigenvalue weighted by molar-refractivity contribution is -0.137. The van der Waals surface area contributed by atoms with E-state index in [0.29, 0.717) is 44.3 Å². The Labute approximate surface area is 230 Å². The molecule has 1 aromatic carbocycles. The maximum absolute atomic E-state index is 13.2. The van der Waals surface area contributed by atoms with E-state index in [2.05, 4.69) is 15.2 Å². The Morgan fingerprint density at radius 1 is 1.10 bits per heavy atom. The molecule has 6 rings (SSSR count). The predicted octanol–water partition coefficient (Wildman–Crippen LogP) is 3.15. The van der Waals surface area contributed by atoms with Gasteiger partial charge >= 0.3 is 6.18 Å². The number of nitrogens with zero attached hydrogens (tertiary/aromatic N) is 3. The first-order valence-electron chi connectivity index (χ1n) is 13.9. The number of rotatable bonds is 6. The van der Waals surface area contributed by atoms with Crippen LogP contribution in [0.2, 0.25) is 0 Å². The molecule has 1 N–H and O–H groups in total. The van der Waals surface area contributed by atoms with Crippen molar-refractivity contribution in [2.75, 3.05) is 39.4 Å². The van der Waals surface area contributed by atoms with E-state index in [9.17, 15) is 22.8 Å². The molecule has 11 heteroatoms. The quantitative estimate of drug-likeness (QED) is 0.587. The number of hydrogen-bond donors (Lipinski definition) is 1. The van der Waals surface area contributed by atoms with Crippen molar-refractivity contribution in [3.8, 4) is 0 Å². The molecule has 1 aromatic heterocycles. The van der Waals surface area contributed by atoms with Crippen molar-refractivity contribution >= 4 is 11.8 Å². The number of aromatic nitrogens is 1. The van der Waals surface area contributed by atoms with Gasteiger partial charge in [-0.05, 0) is 67.0 Å². The van der Waals surface area contributed by atoms with Crippen LogP contribution >= 0.6 is 0 Å². The second-order valence-corrected chi connectivity index (χ2v) is 11.1. The van der Waals surface area contributed by atoms with E-state index in [4.69, 9.17) is 9.47 Å². The number of alkyl halides is 3. The fraction of sp³-hybridized carbons (Fsp3) is 0.552. The van der Waals surface area contributed by atoms with Crippen LogP contribution in [0.1, 0.15) is 58.0 Å². The van der Waals surface area contributed by atoms with Gasteiger partial charge in [-0.1, -0.05) is 6.07 Å². The van der Waals surface area contributed by atoms with E-state index in [1.807, 2.05) is 12.3 Å². The number of nitrogens with one attached hydrogen (secondary N) is 1. The summed E-state index contributed by atoms with van der Waals surface area (Å²) in [6, 6.07) is 5.32. The molecule has 214 valence electrons. The number of aryl methyl sites for hydroxylation is 1. The van der Waals surface area contributed by atoms with E-state index >= 15 is 0 Å². The van der Waals surface area contributed by atoms with Crippen molar-refractivity contribution in [2.45, 2.75) is 62.6 Å². The Morgan fingerprint density at radius 2 is 1.93 bits per heavy atom. The minimum absolute atomic E-state index is 0.0102. The van der Waals surface area contributed by atoms with Crippen molar-refractivity contribution in [1.29, 1.82) is 0 Å². The number of pyridine rings is 1. The molecule has 2 aromatic rings. The van der Waals surface area contributed by atoms with Gasteiger partial charge in [0.25, 0.3) is 5.91 Å². The number of amides is 2. The molecule has 1 aliphatic carbocycles. The number of carbonyl (C=O) groups excluding carboxylic acids is 2. The van der Waals surface area contributed by atoms with Crippen molar-refractivity contribution in [2.24, 2.45) is 0 Å². The fourth-order valence-electron chi connectivity index (χ4n) is 6.46. The van der Waals surface area contributed by atoms with Crippen LogP contribution < -0.4 is 5.32 Å². The molecule has 0 bridgehead atoms. The van der Waals surface area contributed by atoms with Gasteiger partial charge in [-0.3, -0.25) is 19.5 Å². The molecular weight excluding hydrogens is 525 g/mol. The van der Waals surface area contributed by atoms with Crippen LogP contribution in [-0.2, 0) is 33.3 Å². The van der Waals surface area contributed by atoms with Crippen LogP contribution in [-0.4, -0.2) is 84.2 Å². The van der Waals surface area contributed by atoms with Crippen molar-refractivity contribution in [3.63, 3.8) is 0 Å². The highest BCUT2D eigenvalue weighted by Crippen LogP contribution is 2.36. The SMILES string of the molecule is O=C(CN1CCc2ccc(C(F)(F)F)cc2C1=O)NC1CN(C2CCOCC2)C[C@@H]1OC1CCc2cnccc21. The average Bonchev–Trinajstić information content (AvgIpc) is 3.54. The first kappa shape index (κ1) is 27.2. The number of ether oxygens (including phenoxy) is 2. The first-order chi connectivity index (χ1) is 19.3. The molecule has 8 nitrogen and oxygen atoms in total. The molecule has 2 amide bonds. The minimum Gasteiger partial charge on any atom is -0.381 e. The summed E-state index contributed by atoms with van der Waals surface area (Å²) >= 11 is 0. The van der Waals surface area contributed by atoms with Gasteiger partial charge in [0, 0.05) is 56.8 Å². The van der Waals surface area contributed by atoms with Gasteiger partial charge in [0.15, 0.2) is 0 Å². The Balaban J connectivity index is 1.14. The molecule has 40 heavy (non-hydrogen) atoms. The summed E-state index contributed by atoms with van der Waals surface area (Å²) in [7, 11) is 0. The monoisotopic (exact) mass is 558 g/mol. The minimum atomic E-state index is -4.54. The highest BCUT2D eigenvalue weighted by Gasteiger charge is 2.41. The Kier molecular flexibility index (Phi) is 7.54. The van der Waals surface area contributed by atoms with Crippen LogP contribution in [0.15, 0.2) is 36.7 Å². The highest BCUT2D eigenvalue weighted by molar-refractivity contribution is 5.99. The van der Waals surface area contributed by atoms with Crippen molar-refractivity contribution in [3.05, 3.63) is 64.5 Å². The number of hydrogen-bond acceptors (Lipinski definition) is 6.